The van der Waals surface area contributed by atoms with E-state index in [9.17, 15) is 0 Å². The van der Waals surface area contributed by atoms with Crippen LogP contribution < -0.4 is 5.32 Å². The number of anilines is 1. The monoisotopic (exact) mass is 273 g/mol. The Morgan fingerprint density at radius 1 is 1.32 bits per heavy atom. The summed E-state index contributed by atoms with van der Waals surface area (Å²) in [6, 6.07) is 6.53. The zero-order valence-electron chi connectivity index (χ0n) is 11.0. The second kappa shape index (κ2) is 4.76. The first-order chi connectivity index (χ1) is 9.38. The predicted molar refractivity (Wildman–Crippen MR) is 80.8 cm³/mol. The summed E-state index contributed by atoms with van der Waals surface area (Å²) in [7, 11) is 0. The maximum Gasteiger partial charge on any atom is 0.0832 e. The van der Waals surface area contributed by atoms with Crippen LogP contribution in [0.4, 0.5) is 5.69 Å². The molecule has 0 unspecified atom stereocenters. The molecule has 1 atom stereocenters. The van der Waals surface area contributed by atoms with Gasteiger partial charge in [0.2, 0.25) is 0 Å². The molecular formula is C15H19N3S. The normalized spacial score (nSPS) is 29.8. The van der Waals surface area contributed by atoms with Crippen LogP contribution in [-0.4, -0.2) is 36.1 Å². The van der Waals surface area contributed by atoms with Gasteiger partial charge in [0, 0.05) is 18.8 Å². The molecule has 3 fully saturated rings. The van der Waals surface area contributed by atoms with Crippen LogP contribution in [0.2, 0.25) is 0 Å². The van der Waals surface area contributed by atoms with E-state index in [1.165, 1.54) is 42.9 Å². The molecule has 4 heteroatoms. The summed E-state index contributed by atoms with van der Waals surface area (Å²) in [5.74, 6) is 1.77. The molecule has 0 saturated carbocycles. The van der Waals surface area contributed by atoms with Crippen LogP contribution in [0.5, 0.6) is 0 Å². The van der Waals surface area contributed by atoms with E-state index < -0.39 is 0 Å². The van der Waals surface area contributed by atoms with E-state index in [4.69, 9.17) is 0 Å². The third-order valence-corrected chi connectivity index (χ3v) is 5.50. The lowest BCUT2D eigenvalue weighted by Gasteiger charge is -2.45. The Bertz CT molecular complexity index is 572. The van der Waals surface area contributed by atoms with Gasteiger partial charge in [-0.05, 0) is 56.0 Å². The van der Waals surface area contributed by atoms with E-state index in [0.717, 1.165) is 23.9 Å². The number of nitrogens with one attached hydrogen (secondary N) is 1. The van der Waals surface area contributed by atoms with Crippen LogP contribution in [0, 0.1) is 11.8 Å². The molecule has 3 aliphatic heterocycles. The number of hydrogen-bond acceptors (Lipinski definition) is 4. The minimum absolute atomic E-state index is 0.827. The van der Waals surface area contributed by atoms with Crippen molar-refractivity contribution in [2.45, 2.75) is 12.8 Å². The first kappa shape index (κ1) is 11.7. The molecule has 2 aromatic rings. The topological polar surface area (TPSA) is 28.2 Å². The number of hydrogen-bond donors (Lipinski definition) is 1. The minimum Gasteiger partial charge on any atom is -0.385 e. The Labute approximate surface area is 117 Å². The van der Waals surface area contributed by atoms with E-state index in [-0.39, 0.29) is 0 Å². The Kier molecular flexibility index (Phi) is 2.93. The number of piperidine rings is 3. The van der Waals surface area contributed by atoms with Crippen molar-refractivity contribution in [3.8, 4) is 0 Å². The van der Waals surface area contributed by atoms with Crippen molar-refractivity contribution in [1.29, 1.82) is 0 Å². The average Bonchev–Trinajstić information content (AvgIpc) is 2.94. The zero-order valence-corrected chi connectivity index (χ0v) is 11.8. The van der Waals surface area contributed by atoms with E-state index in [1.807, 2.05) is 5.51 Å². The maximum atomic E-state index is 4.38. The largest absolute Gasteiger partial charge is 0.385 e. The highest BCUT2D eigenvalue weighted by Gasteiger charge is 2.33. The molecule has 19 heavy (non-hydrogen) atoms. The molecule has 0 amide bonds. The van der Waals surface area contributed by atoms with Crippen LogP contribution in [0.25, 0.3) is 10.2 Å². The van der Waals surface area contributed by atoms with Gasteiger partial charge in [-0.3, -0.25) is 0 Å². The van der Waals surface area contributed by atoms with E-state index in [0.29, 0.717) is 0 Å². The highest BCUT2D eigenvalue weighted by atomic mass is 32.1. The lowest BCUT2D eigenvalue weighted by atomic mass is 9.79. The lowest BCUT2D eigenvalue weighted by molar-refractivity contribution is 0.0574. The van der Waals surface area contributed by atoms with Gasteiger partial charge in [0.25, 0.3) is 0 Å². The molecule has 0 spiro atoms. The van der Waals surface area contributed by atoms with E-state index in [1.54, 1.807) is 11.3 Å². The molecule has 5 rings (SSSR count). The molecule has 1 N–H and O–H groups in total. The molecule has 0 aliphatic carbocycles. The Morgan fingerprint density at radius 2 is 2.21 bits per heavy atom. The van der Waals surface area contributed by atoms with Crippen molar-refractivity contribution in [2.75, 3.05) is 31.5 Å². The molecular weight excluding hydrogens is 254 g/mol. The van der Waals surface area contributed by atoms with Gasteiger partial charge in [0.15, 0.2) is 0 Å². The first-order valence-electron chi connectivity index (χ1n) is 7.18. The summed E-state index contributed by atoms with van der Waals surface area (Å²) in [4.78, 5) is 7.00. The van der Waals surface area contributed by atoms with Crippen LogP contribution in [0.1, 0.15) is 12.8 Å². The molecule has 0 radical (unpaired) electrons. The number of rotatable bonds is 3. The smallest absolute Gasteiger partial charge is 0.0832 e. The SMILES string of the molecule is c1nc2cc(NC[C@@H]3CN4CCC3CC4)ccc2s1. The third kappa shape index (κ3) is 2.23. The summed E-state index contributed by atoms with van der Waals surface area (Å²) in [6.45, 7) is 5.05. The standard InChI is InChI=1S/C15H19N3S/c1-2-15-14(17-10-19-15)7-13(1)16-8-12-9-18-5-3-11(12)4-6-18/h1-2,7,10-12,16H,3-6,8-9H2/t12-/m1/s1. The molecule has 1 aromatic heterocycles. The van der Waals surface area contributed by atoms with Crippen molar-refractivity contribution >= 4 is 27.2 Å². The summed E-state index contributed by atoms with van der Waals surface area (Å²) in [6.07, 6.45) is 2.80. The van der Waals surface area contributed by atoms with Gasteiger partial charge in [-0.25, -0.2) is 4.98 Å². The lowest BCUT2D eigenvalue weighted by Crippen LogP contribution is -2.49. The van der Waals surface area contributed by atoms with Gasteiger partial charge in [0.05, 0.1) is 15.7 Å². The average molecular weight is 273 g/mol. The van der Waals surface area contributed by atoms with Crippen molar-refractivity contribution < 1.29 is 0 Å². The molecule has 4 heterocycles. The number of benzene rings is 1. The predicted octanol–water partition coefficient (Wildman–Crippen LogP) is 3.05. The van der Waals surface area contributed by atoms with Crippen LogP contribution in [0.3, 0.4) is 0 Å². The van der Waals surface area contributed by atoms with Crippen molar-refractivity contribution in [3.05, 3.63) is 23.7 Å². The number of nitrogens with zero attached hydrogens (tertiary/aromatic N) is 2. The zero-order chi connectivity index (χ0) is 12.7. The molecule has 1 aromatic carbocycles. The maximum absolute atomic E-state index is 4.38. The quantitative estimate of drug-likeness (QED) is 0.931. The van der Waals surface area contributed by atoms with Gasteiger partial charge in [0.1, 0.15) is 0 Å². The van der Waals surface area contributed by atoms with E-state index in [2.05, 4.69) is 33.4 Å². The van der Waals surface area contributed by atoms with Gasteiger partial charge in [-0.2, -0.15) is 0 Å². The third-order valence-electron chi connectivity index (χ3n) is 4.69. The van der Waals surface area contributed by atoms with Gasteiger partial charge in [-0.15, -0.1) is 11.3 Å². The fourth-order valence-electron chi connectivity index (χ4n) is 3.54. The molecule has 3 nitrogen and oxygen atoms in total. The van der Waals surface area contributed by atoms with Crippen molar-refractivity contribution in [1.82, 2.24) is 9.88 Å². The minimum atomic E-state index is 0.827. The fraction of sp³-hybridized carbons (Fsp3) is 0.533. The summed E-state index contributed by atoms with van der Waals surface area (Å²) >= 11 is 1.71. The Balaban J connectivity index is 1.44. The molecule has 3 aliphatic rings. The second-order valence-electron chi connectivity index (χ2n) is 5.81. The number of fused-ring (bicyclic) bond motifs is 4. The molecule has 3 saturated heterocycles. The second-order valence-corrected chi connectivity index (χ2v) is 6.70. The highest BCUT2D eigenvalue weighted by molar-refractivity contribution is 7.16. The van der Waals surface area contributed by atoms with Crippen LogP contribution in [0.15, 0.2) is 23.7 Å². The van der Waals surface area contributed by atoms with Gasteiger partial charge >= 0.3 is 0 Å². The van der Waals surface area contributed by atoms with Crippen LogP contribution in [-0.2, 0) is 0 Å². The Morgan fingerprint density at radius 3 is 3.00 bits per heavy atom. The fourth-order valence-corrected chi connectivity index (χ4v) is 4.19. The summed E-state index contributed by atoms with van der Waals surface area (Å²) in [5.41, 5.74) is 4.25. The summed E-state index contributed by atoms with van der Waals surface area (Å²) in [5, 5.41) is 3.62. The highest BCUT2D eigenvalue weighted by Crippen LogP contribution is 2.32. The number of thiazole rings is 1. The molecule has 100 valence electrons. The van der Waals surface area contributed by atoms with Crippen molar-refractivity contribution in [3.63, 3.8) is 0 Å². The summed E-state index contributed by atoms with van der Waals surface area (Å²) < 4.78 is 1.27. The van der Waals surface area contributed by atoms with Crippen LogP contribution >= 0.6 is 11.3 Å². The first-order valence-corrected chi connectivity index (χ1v) is 8.06. The van der Waals surface area contributed by atoms with Crippen molar-refractivity contribution in [2.24, 2.45) is 11.8 Å². The number of aromatic nitrogens is 1. The van der Waals surface area contributed by atoms with E-state index >= 15 is 0 Å². The van der Waals surface area contributed by atoms with Gasteiger partial charge < -0.3 is 10.2 Å². The molecule has 2 bridgehead atoms. The van der Waals surface area contributed by atoms with Gasteiger partial charge in [-0.1, -0.05) is 0 Å². The Hall–Kier alpha value is -1.13.